The van der Waals surface area contributed by atoms with Crippen molar-refractivity contribution >= 4 is 72.5 Å². The van der Waals surface area contributed by atoms with E-state index >= 15 is 0 Å². The first kappa shape index (κ1) is 76.5. The van der Waals surface area contributed by atoms with Gasteiger partial charge in [-0.1, -0.05) is 95.4 Å². The van der Waals surface area contributed by atoms with E-state index in [0.717, 1.165) is 74.5 Å². The second-order valence-electron chi connectivity index (χ2n) is 27.4. The van der Waals surface area contributed by atoms with Crippen LogP contribution in [0.4, 0.5) is 28.8 Å². The van der Waals surface area contributed by atoms with Crippen molar-refractivity contribution in [3.8, 4) is 0 Å². The van der Waals surface area contributed by atoms with Gasteiger partial charge in [-0.15, -0.1) is 12.4 Å². The Morgan fingerprint density at radius 2 is 1.04 bits per heavy atom. The number of carbonyl (C=O) groups is 6. The van der Waals surface area contributed by atoms with Crippen molar-refractivity contribution in [3.63, 3.8) is 0 Å². The number of nitrogens with one attached hydrogen (secondary N) is 6. The van der Waals surface area contributed by atoms with E-state index in [4.69, 9.17) is 29.4 Å². The molecule has 0 spiro atoms. The predicted molar refractivity (Wildman–Crippen MR) is 333 cm³/mol. The molecule has 0 aromatic rings. The molecule has 3 fully saturated rings. The molecule has 3 aliphatic carbocycles. The van der Waals surface area contributed by atoms with Crippen LogP contribution in [-0.2, 0) is 28.4 Å². The Bertz CT molecular complexity index is 1920. The first-order chi connectivity index (χ1) is 37.7. The molecule has 20 nitrogen and oxygen atoms in total. The normalized spacial score (nSPS) is 24.4. The van der Waals surface area contributed by atoms with Crippen LogP contribution in [0.3, 0.4) is 0 Å². The van der Waals surface area contributed by atoms with Crippen molar-refractivity contribution in [3.05, 3.63) is 0 Å². The average molecular weight is 1230 g/mol. The largest absolute Gasteiger partial charge is 0.453 e. The first-order valence-electron chi connectivity index (χ1n) is 29.8. The van der Waals surface area contributed by atoms with Crippen LogP contribution in [0.5, 0.6) is 0 Å². The number of hydrazine groups is 1. The zero-order chi connectivity index (χ0) is 61.0. The van der Waals surface area contributed by atoms with Gasteiger partial charge in [0.05, 0.1) is 7.11 Å². The van der Waals surface area contributed by atoms with E-state index in [-0.39, 0.29) is 84.2 Å². The minimum Gasteiger partial charge on any atom is -0.453 e. The fourth-order valence-electron chi connectivity index (χ4n) is 13.2. The highest BCUT2D eigenvalue weighted by molar-refractivity contribution is 8.02. The zero-order valence-corrected chi connectivity index (χ0v) is 55.6. The van der Waals surface area contributed by atoms with Gasteiger partial charge in [-0.2, -0.15) is 23.5 Å². The molecular formula is C59H113ClN8O12S2. The highest BCUT2D eigenvalue weighted by Crippen LogP contribution is 2.51. The zero-order valence-electron chi connectivity index (χ0n) is 53.2. The Hall–Kier alpha value is -3.47. The maximum atomic E-state index is 12.5. The molecule has 0 aromatic heterocycles. The molecule has 0 aliphatic heterocycles. The summed E-state index contributed by atoms with van der Waals surface area (Å²) in [6.07, 6.45) is 11.4. The molecule has 82 heavy (non-hydrogen) atoms. The van der Waals surface area contributed by atoms with Crippen molar-refractivity contribution in [1.29, 1.82) is 0 Å². The van der Waals surface area contributed by atoms with E-state index < -0.39 is 30.5 Å². The fraction of sp³-hybridized carbons (Fsp3) is 0.898. The number of rotatable bonds is 30. The molecule has 0 bridgehead atoms. The summed E-state index contributed by atoms with van der Waals surface area (Å²) in [7, 11) is 1.34. The predicted octanol–water partition coefficient (Wildman–Crippen LogP) is 11.8. The summed E-state index contributed by atoms with van der Waals surface area (Å²) in [6.45, 7) is 34.1. The lowest BCUT2D eigenvalue weighted by molar-refractivity contribution is 0.0466. The third-order valence-electron chi connectivity index (χ3n) is 15.7. The number of hydrogen-bond acceptors (Lipinski definition) is 16. The lowest BCUT2D eigenvalue weighted by Gasteiger charge is -2.46. The number of thioether (sulfide) groups is 2. The maximum Gasteiger partial charge on any atom is 0.421 e. The van der Waals surface area contributed by atoms with Crippen LogP contribution >= 0.6 is 35.9 Å². The molecule has 0 saturated heterocycles. The minimum absolute atomic E-state index is 0. The van der Waals surface area contributed by atoms with Crippen LogP contribution in [0.2, 0.25) is 0 Å². The summed E-state index contributed by atoms with van der Waals surface area (Å²) in [5.41, 5.74) is 10.8. The van der Waals surface area contributed by atoms with Gasteiger partial charge in [0.2, 0.25) is 0 Å². The molecule has 3 aliphatic rings. The van der Waals surface area contributed by atoms with E-state index in [0.29, 0.717) is 50.2 Å². The van der Waals surface area contributed by atoms with E-state index in [1.807, 2.05) is 44.3 Å². The molecule has 0 aromatic carbocycles. The molecule has 6 unspecified atom stereocenters. The Balaban J connectivity index is 0.000000884. The van der Waals surface area contributed by atoms with Crippen LogP contribution < -0.4 is 37.9 Å². The summed E-state index contributed by atoms with van der Waals surface area (Å²) in [5.74, 6) is 4.96. The summed E-state index contributed by atoms with van der Waals surface area (Å²) in [5, 5.41) is 11.7. The number of halogens is 1. The van der Waals surface area contributed by atoms with E-state index in [1.165, 1.54) is 51.4 Å². The molecule has 23 heteroatoms. The maximum absolute atomic E-state index is 12.5. The molecule has 0 radical (unpaired) electrons. The molecule has 480 valence electrons. The molecule has 3 rings (SSSR count). The van der Waals surface area contributed by atoms with Crippen molar-refractivity contribution in [2.24, 2.45) is 44.1 Å². The second kappa shape index (κ2) is 37.2. The molecule has 0 heterocycles. The summed E-state index contributed by atoms with van der Waals surface area (Å²) in [4.78, 5) is 73.7. The Morgan fingerprint density at radius 1 is 0.561 bits per heavy atom. The van der Waals surface area contributed by atoms with E-state index in [9.17, 15) is 28.8 Å². The average Bonchev–Trinajstić information content (AvgIpc) is 3.40. The monoisotopic (exact) mass is 1220 g/mol. The summed E-state index contributed by atoms with van der Waals surface area (Å²) < 4.78 is 30.8. The van der Waals surface area contributed by atoms with Gasteiger partial charge in [0.15, 0.2) is 0 Å². The fourth-order valence-corrected chi connectivity index (χ4v) is 15.0. The van der Waals surface area contributed by atoms with E-state index in [1.54, 1.807) is 0 Å². The Kier molecular flexibility index (Phi) is 34.7. The third kappa shape index (κ3) is 33.9. The highest BCUT2D eigenvalue weighted by Gasteiger charge is 2.44. The van der Waals surface area contributed by atoms with Crippen LogP contribution in [0, 0.1) is 38.4 Å². The number of hydrogen-bond donors (Lipinski definition) is 7. The number of nitrogens with two attached hydrogens (primary N) is 1. The number of nitrogens with zero attached hydrogens (tertiary/aromatic N) is 1. The van der Waals surface area contributed by atoms with Crippen LogP contribution in [-0.4, -0.2) is 155 Å². The van der Waals surface area contributed by atoms with Gasteiger partial charge in [-0.05, 0) is 136 Å². The van der Waals surface area contributed by atoms with E-state index in [2.05, 4.69) is 118 Å². The molecule has 8 N–H and O–H groups in total. The van der Waals surface area contributed by atoms with Crippen LogP contribution in [0.15, 0.2) is 0 Å². The van der Waals surface area contributed by atoms with Crippen molar-refractivity contribution in [2.45, 2.75) is 204 Å². The molecule has 6 atom stereocenters. The molecule has 3 saturated carbocycles. The second-order valence-corrected chi connectivity index (χ2v) is 29.9. The summed E-state index contributed by atoms with van der Waals surface area (Å²) in [6, 6.07) is -0.0995. The summed E-state index contributed by atoms with van der Waals surface area (Å²) >= 11 is 3.77. The van der Waals surface area contributed by atoms with Gasteiger partial charge in [0.1, 0.15) is 33.0 Å². The Labute approximate surface area is 508 Å². The number of unbranched alkanes of at least 4 members (excludes halogenated alkanes) is 1. The number of primary amides is 1. The number of amides is 6. The Morgan fingerprint density at radius 3 is 1.55 bits per heavy atom. The topological polar surface area (TPSA) is 259 Å². The number of methoxy groups -OCH3 is 1. The van der Waals surface area contributed by atoms with Gasteiger partial charge < -0.3 is 55.4 Å². The number of carbonyl (C=O) groups excluding carboxylic acids is 6. The van der Waals surface area contributed by atoms with Gasteiger partial charge in [-0.25, -0.2) is 34.2 Å². The van der Waals surface area contributed by atoms with Gasteiger partial charge >= 0.3 is 36.6 Å². The highest BCUT2D eigenvalue weighted by atomic mass is 35.5. The molecular weight excluding hydrogens is 1110 g/mol. The van der Waals surface area contributed by atoms with Crippen LogP contribution in [0.1, 0.15) is 187 Å². The third-order valence-corrected chi connectivity index (χ3v) is 18.0. The smallest absolute Gasteiger partial charge is 0.421 e. The van der Waals surface area contributed by atoms with Crippen molar-refractivity contribution in [1.82, 2.24) is 37.0 Å². The quantitative estimate of drug-likeness (QED) is 0.0200. The van der Waals surface area contributed by atoms with Gasteiger partial charge in [0.25, 0.3) is 0 Å². The van der Waals surface area contributed by atoms with Crippen molar-refractivity contribution in [2.75, 3.05) is 95.9 Å². The van der Waals surface area contributed by atoms with Crippen molar-refractivity contribution < 1.29 is 57.2 Å². The van der Waals surface area contributed by atoms with Crippen LogP contribution in [0.25, 0.3) is 0 Å². The van der Waals surface area contributed by atoms with Gasteiger partial charge in [-0.3, -0.25) is 10.3 Å². The first-order valence-corrected chi connectivity index (χ1v) is 32.1. The number of alkyl carbamates (subject to hydrolysis) is 4. The molecule has 6 amide bonds. The van der Waals surface area contributed by atoms with Gasteiger partial charge in [0, 0.05) is 67.6 Å². The SMILES string of the molecule is CCCSCCSCCOC(=O)NC1CC(C)(C)CC(C)(CNC(=O)OCCOC(=O)NNCCCCC2CC(C)(C)CC(C)(CC)C2)C1.COC(=O)NCC1(C)CC(NC(=O)OCCN(CCOC(N)=O)C(C)(C)C)CC(C)(C)C1.Cl. The minimum atomic E-state index is -0.807. The number of ether oxygens (including phenoxy) is 6. The lowest BCUT2D eigenvalue weighted by atomic mass is 9.59. The standard InChI is InChI=1S/C37H70N4O6S2.C22H42N4O6.ClH/c1-9-18-48-20-21-49-19-17-47-32(43)40-30-24-35(5,6)27-37(8,25-30)28-38-31(42)45-15-16-46-33(44)41-39-14-12-11-13-29-22-34(3,4)26-36(7,10-2)23-29;1-20(2,3)26(8-10-31-17(23)27)9-11-32-19(29)25-16-12-21(4,5)14-22(6,13-16)15-24-18(28)30-7;/h29-30,39H,9-28H2,1-8H3,(H,38,42)(H,40,43)(H,41,44);16H,8-15H2,1-7H3,(H2,23,27)(H,24,28)(H,25,29);1H. The lowest BCUT2D eigenvalue weighted by Crippen LogP contribution is -2.51.